The van der Waals surface area contributed by atoms with Crippen LogP contribution >= 0.6 is 0 Å². The first kappa shape index (κ1) is 62.3. The normalized spacial score (nSPS) is 50.6. The lowest BCUT2D eigenvalue weighted by atomic mass is 9.33. The third kappa shape index (κ3) is 10.2. The second-order valence-corrected chi connectivity index (χ2v) is 25.7. The minimum Gasteiger partial charge on any atom is -0.459 e. The monoisotopic (exact) mass is 1130 g/mol. The molecule has 8 rings (SSSR count). The zero-order valence-electron chi connectivity index (χ0n) is 47.2. The van der Waals surface area contributed by atoms with Crippen LogP contribution in [-0.2, 0) is 57.0 Å². The second-order valence-electron chi connectivity index (χ2n) is 25.7. The van der Waals surface area contributed by atoms with Crippen molar-refractivity contribution in [1.82, 2.24) is 0 Å². The molecular weight excluding hydrogens is 1040 g/mol. The third-order valence-corrected chi connectivity index (χ3v) is 21.0. The first-order valence-corrected chi connectivity index (χ1v) is 28.0. The van der Waals surface area contributed by atoms with Gasteiger partial charge in [0, 0.05) is 24.8 Å². The number of rotatable bonds is 13. The highest BCUT2D eigenvalue weighted by molar-refractivity contribution is 5.87. The summed E-state index contributed by atoms with van der Waals surface area (Å²) in [6.45, 7) is 17.8. The van der Waals surface area contributed by atoms with Crippen LogP contribution in [0.25, 0.3) is 0 Å². The quantitative estimate of drug-likeness (QED) is 0.0384. The predicted octanol–water partition coefficient (Wildman–Crippen LogP) is 0.143. The van der Waals surface area contributed by atoms with Crippen LogP contribution in [0, 0.1) is 50.2 Å². The summed E-state index contributed by atoms with van der Waals surface area (Å²) in [6, 6.07) is 0. The molecule has 3 heterocycles. The van der Waals surface area contributed by atoms with Crippen molar-refractivity contribution in [2.24, 2.45) is 50.2 Å². The molecule has 0 aromatic carbocycles. The van der Waals surface area contributed by atoms with E-state index in [1.54, 1.807) is 13.8 Å². The molecule has 0 amide bonds. The number of esters is 3. The van der Waals surface area contributed by atoms with Gasteiger partial charge in [0.05, 0.1) is 43.5 Å². The van der Waals surface area contributed by atoms with E-state index in [-0.39, 0.29) is 30.4 Å². The zero-order chi connectivity index (χ0) is 58.4. The van der Waals surface area contributed by atoms with Gasteiger partial charge < -0.3 is 98.8 Å². The molecule has 7 fully saturated rings. The van der Waals surface area contributed by atoms with E-state index in [4.69, 9.17) is 42.6 Å². The van der Waals surface area contributed by atoms with Gasteiger partial charge in [-0.05, 0) is 105 Å². The van der Waals surface area contributed by atoms with Gasteiger partial charge in [-0.3, -0.25) is 9.59 Å². The van der Waals surface area contributed by atoms with E-state index in [9.17, 15) is 70.6 Å². The Bertz CT molecular complexity index is 2290. The van der Waals surface area contributed by atoms with Gasteiger partial charge in [0.25, 0.3) is 0 Å². The molecule has 23 nitrogen and oxygen atoms in total. The van der Waals surface area contributed by atoms with E-state index in [1.807, 2.05) is 20.8 Å². The Hall–Kier alpha value is -2.79. The maximum Gasteiger partial charge on any atom is 0.333 e. The standard InChI is InChI=1S/C56H88O23/c1-12-24(2)46(69)76-42-40(68)49(71-25(3)41(42)72-26(4)60)78-44-45(73-27(5)61)56(23-59)29(19-51(44,6)7)28-13-14-32-52(8)17-16-34(53(9,22-58)31(52)15-18-54(32,10)55(28,11)20-33(56)62)75-50-43(37(65)38(66)47(70)79-50)77-48-39(67)36(64)35(63)30(21-57)74-48/h12-13,25,29-45,47-50,57-59,62-68,70H,14-23H2,1-11H3. The van der Waals surface area contributed by atoms with Crippen molar-refractivity contribution in [3.05, 3.63) is 23.3 Å². The fourth-order valence-electron chi connectivity index (χ4n) is 16.3. The van der Waals surface area contributed by atoms with Gasteiger partial charge in [0.2, 0.25) is 0 Å². The number of carbonyl (C=O) groups excluding carboxylic acids is 3. The van der Waals surface area contributed by atoms with E-state index >= 15 is 0 Å². The van der Waals surface area contributed by atoms with Crippen LogP contribution in [0.1, 0.15) is 121 Å². The van der Waals surface area contributed by atoms with Gasteiger partial charge in [-0.1, -0.05) is 59.3 Å². The fraction of sp³-hybridized carbons (Fsp3) is 0.875. The summed E-state index contributed by atoms with van der Waals surface area (Å²) < 4.78 is 54.4. The molecule has 450 valence electrons. The maximum atomic E-state index is 13.3. The number of aliphatic hydroxyl groups is 11. The lowest BCUT2D eigenvalue weighted by Crippen LogP contribution is -2.73. The van der Waals surface area contributed by atoms with E-state index in [2.05, 4.69) is 26.8 Å². The van der Waals surface area contributed by atoms with Crippen LogP contribution in [0.4, 0.5) is 0 Å². The number of fused-ring (bicyclic) bond motifs is 7. The predicted molar refractivity (Wildman–Crippen MR) is 272 cm³/mol. The van der Waals surface area contributed by atoms with Crippen molar-refractivity contribution >= 4 is 17.9 Å². The van der Waals surface area contributed by atoms with E-state index in [0.717, 1.165) is 5.57 Å². The molecule has 0 spiro atoms. The molecule has 27 unspecified atom stereocenters. The summed E-state index contributed by atoms with van der Waals surface area (Å²) in [4.78, 5) is 38.7. The third-order valence-electron chi connectivity index (χ3n) is 21.0. The maximum absolute atomic E-state index is 13.3. The van der Waals surface area contributed by atoms with Crippen molar-refractivity contribution in [3.63, 3.8) is 0 Å². The van der Waals surface area contributed by atoms with Crippen LogP contribution < -0.4 is 0 Å². The van der Waals surface area contributed by atoms with Gasteiger partial charge in [-0.15, -0.1) is 0 Å². The average molecular weight is 1130 g/mol. The SMILES string of the molecule is CC=C(C)C(=O)OC1C(O)C(OC2C(OC(C)=O)C3(CO)C(O)CC4(C)C(=CCC5C6(C)CCC(OC7OC(O)C(O)C(O)C7OC7OC(CO)C(O)C(O)C7O)C(C)(CO)C6CCC54C)C3CC2(C)C)OC(C)C1OC(C)=O. The second kappa shape index (κ2) is 22.7. The summed E-state index contributed by atoms with van der Waals surface area (Å²) in [7, 11) is 0. The summed E-state index contributed by atoms with van der Waals surface area (Å²) in [5.74, 6) is -2.99. The molecule has 11 N–H and O–H groups in total. The molecule has 0 aromatic heterocycles. The van der Waals surface area contributed by atoms with Crippen molar-refractivity contribution < 1.29 is 113 Å². The summed E-state index contributed by atoms with van der Waals surface area (Å²) in [5, 5.41) is 123. The van der Waals surface area contributed by atoms with E-state index in [1.165, 1.54) is 26.8 Å². The summed E-state index contributed by atoms with van der Waals surface area (Å²) in [6.07, 6.45) is -22.1. The molecule has 79 heavy (non-hydrogen) atoms. The van der Waals surface area contributed by atoms with Gasteiger partial charge in [0.1, 0.15) is 61.0 Å². The zero-order valence-corrected chi connectivity index (χ0v) is 47.2. The minimum absolute atomic E-state index is 0.0431. The molecule has 3 aliphatic heterocycles. The number of allylic oxidation sites excluding steroid dienone is 3. The van der Waals surface area contributed by atoms with Crippen LogP contribution in [0.15, 0.2) is 23.3 Å². The molecule has 0 bridgehead atoms. The van der Waals surface area contributed by atoms with Gasteiger partial charge in [-0.25, -0.2) is 4.79 Å². The van der Waals surface area contributed by atoms with Crippen molar-refractivity contribution in [3.8, 4) is 0 Å². The molecule has 0 aromatic rings. The Kier molecular flexibility index (Phi) is 17.9. The molecular formula is C56H88O23. The largest absolute Gasteiger partial charge is 0.459 e. The lowest BCUT2D eigenvalue weighted by Gasteiger charge is -2.73. The average Bonchev–Trinajstić information content (AvgIpc) is 3.31. The fourth-order valence-corrected chi connectivity index (χ4v) is 16.3. The van der Waals surface area contributed by atoms with Gasteiger partial charge in [0.15, 0.2) is 37.4 Å². The Morgan fingerprint density at radius 1 is 0.658 bits per heavy atom. The van der Waals surface area contributed by atoms with Crippen molar-refractivity contribution in [2.45, 2.75) is 238 Å². The Balaban J connectivity index is 1.08. The number of ether oxygens (including phenoxy) is 9. The van der Waals surface area contributed by atoms with Gasteiger partial charge >= 0.3 is 17.9 Å². The topological polar surface area (TPSA) is 357 Å². The Morgan fingerprint density at radius 2 is 1.32 bits per heavy atom. The van der Waals surface area contributed by atoms with E-state index in [0.29, 0.717) is 38.5 Å². The first-order valence-electron chi connectivity index (χ1n) is 28.0. The highest BCUT2D eigenvalue weighted by Gasteiger charge is 2.74. The van der Waals surface area contributed by atoms with Crippen LogP contribution in [-0.4, -0.2) is 211 Å². The van der Waals surface area contributed by atoms with Crippen LogP contribution in [0.5, 0.6) is 0 Å². The lowest BCUT2D eigenvalue weighted by molar-refractivity contribution is -0.396. The van der Waals surface area contributed by atoms with Crippen LogP contribution in [0.2, 0.25) is 0 Å². The van der Waals surface area contributed by atoms with Crippen LogP contribution in [0.3, 0.4) is 0 Å². The molecule has 4 saturated carbocycles. The molecule has 23 heteroatoms. The highest BCUT2D eigenvalue weighted by Crippen LogP contribution is 2.76. The number of aliphatic hydroxyl groups excluding tert-OH is 11. The minimum atomic E-state index is -1.94. The molecule has 8 aliphatic rings. The smallest absolute Gasteiger partial charge is 0.333 e. The van der Waals surface area contributed by atoms with Crippen molar-refractivity contribution in [2.75, 3.05) is 19.8 Å². The Labute approximate surface area is 461 Å². The summed E-state index contributed by atoms with van der Waals surface area (Å²) in [5.41, 5.74) is -3.89. The van der Waals surface area contributed by atoms with E-state index < -0.39 is 186 Å². The van der Waals surface area contributed by atoms with Crippen molar-refractivity contribution in [1.29, 1.82) is 0 Å². The molecule has 3 saturated heterocycles. The first-order chi connectivity index (χ1) is 36.9. The number of carbonyl (C=O) groups is 3. The molecule has 5 aliphatic carbocycles. The summed E-state index contributed by atoms with van der Waals surface area (Å²) >= 11 is 0. The number of hydrogen-bond donors (Lipinski definition) is 11. The Morgan fingerprint density at radius 3 is 1.92 bits per heavy atom. The highest BCUT2D eigenvalue weighted by atomic mass is 16.8. The molecule has 27 atom stereocenters. The van der Waals surface area contributed by atoms with Gasteiger partial charge in [-0.2, -0.15) is 0 Å². The number of hydrogen-bond acceptors (Lipinski definition) is 23. The molecule has 0 radical (unpaired) electrons.